The molecule has 2 aromatic heterocycles. The van der Waals surface area contributed by atoms with Gasteiger partial charge in [-0.1, -0.05) is 18.2 Å². The summed E-state index contributed by atoms with van der Waals surface area (Å²) in [7, 11) is 1.87. The van der Waals surface area contributed by atoms with Crippen molar-refractivity contribution in [3.8, 4) is 0 Å². The zero-order chi connectivity index (χ0) is 18.1. The summed E-state index contributed by atoms with van der Waals surface area (Å²) in [6, 6.07) is 14.5. The van der Waals surface area contributed by atoms with E-state index in [-0.39, 0.29) is 18.0 Å². The molecule has 1 aromatic carbocycles. The van der Waals surface area contributed by atoms with E-state index >= 15 is 0 Å². The largest absolute Gasteiger partial charge is 0.337 e. The average molecular weight is 346 g/mol. The summed E-state index contributed by atoms with van der Waals surface area (Å²) in [5, 5.41) is 4.71. The van der Waals surface area contributed by atoms with Gasteiger partial charge in [0.15, 0.2) is 0 Å². The van der Waals surface area contributed by atoms with Gasteiger partial charge in [-0.25, -0.2) is 0 Å². The lowest BCUT2D eigenvalue weighted by atomic mass is 10.0. The molecular weight excluding hydrogens is 324 g/mol. The van der Waals surface area contributed by atoms with Gasteiger partial charge >= 0.3 is 0 Å². The second kappa shape index (κ2) is 6.84. The Morgan fingerprint density at radius 2 is 2.12 bits per heavy atom. The van der Waals surface area contributed by atoms with Crippen molar-refractivity contribution >= 4 is 16.8 Å². The molecule has 26 heavy (non-hydrogen) atoms. The van der Waals surface area contributed by atoms with E-state index in [1.807, 2.05) is 43.3 Å². The van der Waals surface area contributed by atoms with Crippen molar-refractivity contribution in [1.82, 2.24) is 20.2 Å². The number of fused-ring (bicyclic) bond motifs is 1. The molecule has 1 N–H and O–H groups in total. The molecule has 0 unspecified atom stereocenters. The van der Waals surface area contributed by atoms with Crippen molar-refractivity contribution in [1.29, 1.82) is 0 Å². The number of aromatic nitrogens is 2. The Morgan fingerprint density at radius 1 is 1.23 bits per heavy atom. The van der Waals surface area contributed by atoms with Crippen molar-refractivity contribution in [2.75, 3.05) is 7.05 Å². The minimum absolute atomic E-state index is 0.0148. The number of likely N-dealkylation sites (tertiary alicyclic amines) is 1. The molecule has 1 aliphatic heterocycles. The van der Waals surface area contributed by atoms with Crippen molar-refractivity contribution in [2.24, 2.45) is 0 Å². The zero-order valence-corrected chi connectivity index (χ0v) is 15.0. The fourth-order valence-electron chi connectivity index (χ4n) is 3.70. The van der Waals surface area contributed by atoms with Gasteiger partial charge in [0.05, 0.1) is 11.6 Å². The second-order valence-corrected chi connectivity index (χ2v) is 6.91. The summed E-state index contributed by atoms with van der Waals surface area (Å²) in [4.78, 5) is 22.8. The van der Waals surface area contributed by atoms with Gasteiger partial charge in [-0.05, 0) is 42.3 Å². The monoisotopic (exact) mass is 346 g/mol. The molecular formula is C21H22N4O. The van der Waals surface area contributed by atoms with Gasteiger partial charge in [-0.15, -0.1) is 0 Å². The number of rotatable bonds is 4. The van der Waals surface area contributed by atoms with E-state index in [9.17, 15) is 4.79 Å². The molecule has 1 amide bonds. The molecule has 0 radical (unpaired) electrons. The van der Waals surface area contributed by atoms with E-state index in [1.165, 1.54) is 5.56 Å². The minimum atomic E-state index is 0.0148. The number of carbonyl (C=O) groups excluding carboxylic acids is 1. The number of nitrogens with one attached hydrogen (secondary N) is 1. The van der Waals surface area contributed by atoms with Crippen LogP contribution < -0.4 is 5.32 Å². The lowest BCUT2D eigenvalue weighted by Gasteiger charge is -2.25. The number of hydrogen-bond donors (Lipinski definition) is 1. The molecule has 5 heteroatoms. The van der Waals surface area contributed by atoms with Crippen LogP contribution in [0, 0.1) is 6.92 Å². The first-order chi connectivity index (χ1) is 12.6. The molecule has 3 heterocycles. The van der Waals surface area contributed by atoms with Crippen LogP contribution in [0.3, 0.4) is 0 Å². The first kappa shape index (κ1) is 16.7. The van der Waals surface area contributed by atoms with Gasteiger partial charge in [-0.3, -0.25) is 14.8 Å². The lowest BCUT2D eigenvalue weighted by Crippen LogP contribution is -2.34. The highest BCUT2D eigenvalue weighted by atomic mass is 16.2. The quantitative estimate of drug-likeness (QED) is 0.789. The maximum absolute atomic E-state index is 12.2. The highest BCUT2D eigenvalue weighted by Gasteiger charge is 2.38. The Hall–Kier alpha value is -2.79. The summed E-state index contributed by atoms with van der Waals surface area (Å²) < 4.78 is 0. The van der Waals surface area contributed by atoms with Crippen LogP contribution in [0.25, 0.3) is 10.9 Å². The van der Waals surface area contributed by atoms with Crippen LogP contribution in [0.2, 0.25) is 0 Å². The molecule has 5 nitrogen and oxygen atoms in total. The molecule has 0 saturated carbocycles. The van der Waals surface area contributed by atoms with Gasteiger partial charge in [0.1, 0.15) is 0 Å². The number of aryl methyl sites for hydroxylation is 1. The van der Waals surface area contributed by atoms with Crippen molar-refractivity contribution in [2.45, 2.75) is 32.0 Å². The lowest BCUT2D eigenvalue weighted by molar-refractivity contribution is -0.127. The zero-order valence-electron chi connectivity index (χ0n) is 15.0. The predicted molar refractivity (Wildman–Crippen MR) is 101 cm³/mol. The maximum atomic E-state index is 12.2. The van der Waals surface area contributed by atoms with Gasteiger partial charge < -0.3 is 10.2 Å². The fourth-order valence-corrected chi connectivity index (χ4v) is 3.70. The summed E-state index contributed by atoms with van der Waals surface area (Å²) >= 11 is 0. The Balaban J connectivity index is 1.53. The van der Waals surface area contributed by atoms with Crippen molar-refractivity contribution < 1.29 is 4.79 Å². The molecule has 0 bridgehead atoms. The van der Waals surface area contributed by atoms with Crippen LogP contribution >= 0.6 is 0 Å². The minimum Gasteiger partial charge on any atom is -0.337 e. The number of nitrogens with zero attached hydrogens (tertiary/aromatic N) is 3. The van der Waals surface area contributed by atoms with Crippen molar-refractivity contribution in [3.63, 3.8) is 0 Å². The first-order valence-corrected chi connectivity index (χ1v) is 8.87. The molecule has 1 saturated heterocycles. The summed E-state index contributed by atoms with van der Waals surface area (Å²) in [5.41, 5.74) is 4.29. The molecule has 2 atom stereocenters. The number of likely N-dealkylation sites (N-methyl/N-ethyl adjacent to an activating group) is 1. The summed E-state index contributed by atoms with van der Waals surface area (Å²) in [5.74, 6) is 0.162. The standard InChI is InChI=1S/C21H22N4O/c1-14-5-7-16-10-15(6-8-18(16)24-14)12-23-19-11-20(26)25(2)21(19)17-4-3-9-22-13-17/h3-10,13,19,21,23H,11-12H2,1-2H3/t19-,21+/m1/s1. The van der Waals surface area contributed by atoms with E-state index in [2.05, 4.69) is 39.6 Å². The fraction of sp³-hybridized carbons (Fsp3) is 0.286. The number of benzene rings is 1. The van der Waals surface area contributed by atoms with Gasteiger partial charge in [-0.2, -0.15) is 0 Å². The van der Waals surface area contributed by atoms with Gasteiger partial charge in [0.25, 0.3) is 0 Å². The van der Waals surface area contributed by atoms with Crippen molar-refractivity contribution in [3.05, 3.63) is 71.7 Å². The normalized spacial score (nSPS) is 20.1. The molecule has 4 rings (SSSR count). The third-order valence-electron chi connectivity index (χ3n) is 5.07. The van der Waals surface area contributed by atoms with E-state index in [4.69, 9.17) is 0 Å². The topological polar surface area (TPSA) is 58.1 Å². The number of amides is 1. The Labute approximate surface area is 153 Å². The van der Waals surface area contributed by atoms with E-state index < -0.39 is 0 Å². The van der Waals surface area contributed by atoms with E-state index in [1.54, 1.807) is 6.20 Å². The van der Waals surface area contributed by atoms with Crippen LogP contribution in [0.1, 0.15) is 29.3 Å². The third-order valence-corrected chi connectivity index (χ3v) is 5.07. The van der Waals surface area contributed by atoms with Crippen LogP contribution in [0.15, 0.2) is 54.9 Å². The Bertz CT molecular complexity index is 941. The Morgan fingerprint density at radius 3 is 2.92 bits per heavy atom. The van der Waals surface area contributed by atoms with Crippen LogP contribution in [-0.2, 0) is 11.3 Å². The van der Waals surface area contributed by atoms with Gasteiger partial charge in [0.2, 0.25) is 5.91 Å². The highest BCUT2D eigenvalue weighted by molar-refractivity contribution is 5.80. The van der Waals surface area contributed by atoms with E-state index in [0.717, 1.165) is 22.2 Å². The maximum Gasteiger partial charge on any atom is 0.224 e. The highest BCUT2D eigenvalue weighted by Crippen LogP contribution is 2.31. The van der Waals surface area contributed by atoms with Crippen LogP contribution in [0.4, 0.5) is 0 Å². The summed E-state index contributed by atoms with van der Waals surface area (Å²) in [6.07, 6.45) is 4.11. The molecule has 0 spiro atoms. The molecule has 0 aliphatic carbocycles. The molecule has 1 fully saturated rings. The predicted octanol–water partition coefficient (Wildman–Crippen LogP) is 3.00. The average Bonchev–Trinajstić information content (AvgIpc) is 2.94. The van der Waals surface area contributed by atoms with Gasteiger partial charge in [0, 0.05) is 49.5 Å². The van der Waals surface area contributed by atoms with Crippen LogP contribution in [-0.4, -0.2) is 33.9 Å². The number of hydrogen-bond acceptors (Lipinski definition) is 4. The number of carbonyl (C=O) groups is 1. The smallest absolute Gasteiger partial charge is 0.224 e. The second-order valence-electron chi connectivity index (χ2n) is 6.91. The summed E-state index contributed by atoms with van der Waals surface area (Å²) in [6.45, 7) is 2.72. The van der Waals surface area contributed by atoms with Crippen LogP contribution in [0.5, 0.6) is 0 Å². The molecule has 3 aromatic rings. The SMILES string of the molecule is Cc1ccc2cc(CN[C@@H]3CC(=O)N(C)[C@H]3c3cccnc3)ccc2n1. The third kappa shape index (κ3) is 3.18. The number of pyridine rings is 2. The van der Waals surface area contributed by atoms with E-state index in [0.29, 0.717) is 13.0 Å². The molecule has 1 aliphatic rings. The molecule has 132 valence electrons. The Kier molecular flexibility index (Phi) is 4.39. The first-order valence-electron chi connectivity index (χ1n) is 8.87.